The Labute approximate surface area is 206 Å². The van der Waals surface area contributed by atoms with E-state index >= 15 is 0 Å². The van der Waals surface area contributed by atoms with Crippen molar-refractivity contribution in [2.45, 2.75) is 83.7 Å². The highest BCUT2D eigenvalue weighted by Crippen LogP contribution is 2.33. The third-order valence-corrected chi connectivity index (χ3v) is 7.03. The molecule has 2 fully saturated rings. The minimum absolute atomic E-state index is 0.0288. The Balaban J connectivity index is 1.18. The molecule has 3 aliphatic rings. The number of carboxylic acids is 1. The van der Waals surface area contributed by atoms with Crippen molar-refractivity contribution in [2.75, 3.05) is 19.7 Å². The smallest absolute Gasteiger partial charge is 0.323 e. The summed E-state index contributed by atoms with van der Waals surface area (Å²) >= 11 is 0. The molecule has 1 aliphatic carbocycles. The number of guanidine groups is 1. The number of carbonyl (C=O) groups excluding carboxylic acids is 2. The van der Waals surface area contributed by atoms with E-state index in [1.807, 2.05) is 17.9 Å². The van der Waals surface area contributed by atoms with Crippen molar-refractivity contribution in [3.05, 3.63) is 23.3 Å². The summed E-state index contributed by atoms with van der Waals surface area (Å²) in [6.07, 6.45) is 9.04. The Morgan fingerprint density at radius 3 is 2.69 bits per heavy atom. The molecule has 1 aromatic carbocycles. The molecule has 1 saturated carbocycles. The van der Waals surface area contributed by atoms with Crippen LogP contribution in [0.4, 0.5) is 5.69 Å². The quantitative estimate of drug-likeness (QED) is 0.465. The maximum Gasteiger partial charge on any atom is 0.323 e. The molecule has 1 saturated heterocycles. The van der Waals surface area contributed by atoms with Crippen LogP contribution in [-0.2, 0) is 20.9 Å². The van der Waals surface area contributed by atoms with E-state index in [0.29, 0.717) is 32.1 Å². The molecule has 2 aliphatic heterocycles. The SMILES string of the molecule is Cc1cc2c(cc1OCCCCCCC(=O)N(CC(=O)O)C1CCCCC1)N=C1NC(=O)CN1C2. The molecule has 2 amide bonds. The number of ether oxygens (including phenoxy) is 1. The zero-order chi connectivity index (χ0) is 24.8. The molecular weight excluding hydrogens is 448 g/mol. The molecule has 190 valence electrons. The second-order valence-corrected chi connectivity index (χ2v) is 9.81. The number of benzene rings is 1. The standard InChI is InChI=1S/C26H36N4O5/c1-18-13-19-15-29-16-23(31)28-26(29)27-21(19)14-22(18)35-12-8-3-2-7-11-24(32)30(17-25(33)34)20-9-5-4-6-10-20/h13-14,20H,2-12,15-17H2,1H3,(H,33,34)(H,27,28,31). The van der Waals surface area contributed by atoms with Crippen LogP contribution in [-0.4, -0.2) is 64.4 Å². The molecule has 4 rings (SSSR count). The fourth-order valence-electron chi connectivity index (χ4n) is 5.18. The number of carboxylic acid groups (broad SMARTS) is 1. The zero-order valence-corrected chi connectivity index (χ0v) is 20.6. The van der Waals surface area contributed by atoms with Gasteiger partial charge in [0.25, 0.3) is 0 Å². The lowest BCUT2D eigenvalue weighted by Gasteiger charge is -2.33. The van der Waals surface area contributed by atoms with Crippen molar-refractivity contribution in [3.8, 4) is 5.75 Å². The zero-order valence-electron chi connectivity index (χ0n) is 20.6. The van der Waals surface area contributed by atoms with Gasteiger partial charge >= 0.3 is 5.97 Å². The summed E-state index contributed by atoms with van der Waals surface area (Å²) in [6, 6.07) is 4.10. The Morgan fingerprint density at radius 1 is 1.14 bits per heavy atom. The lowest BCUT2D eigenvalue weighted by molar-refractivity contribution is -0.146. The van der Waals surface area contributed by atoms with Crippen molar-refractivity contribution in [1.29, 1.82) is 0 Å². The minimum Gasteiger partial charge on any atom is -0.493 e. The third kappa shape index (κ3) is 6.52. The van der Waals surface area contributed by atoms with Crippen molar-refractivity contribution in [3.63, 3.8) is 0 Å². The second kappa shape index (κ2) is 11.6. The molecule has 2 heterocycles. The van der Waals surface area contributed by atoms with Crippen LogP contribution in [0.5, 0.6) is 5.75 Å². The molecule has 0 bridgehead atoms. The van der Waals surface area contributed by atoms with Crippen molar-refractivity contribution < 1.29 is 24.2 Å². The van der Waals surface area contributed by atoms with Crippen molar-refractivity contribution in [1.82, 2.24) is 15.1 Å². The van der Waals surface area contributed by atoms with Crippen LogP contribution < -0.4 is 10.1 Å². The van der Waals surface area contributed by atoms with Gasteiger partial charge in [-0.15, -0.1) is 0 Å². The van der Waals surface area contributed by atoms with Gasteiger partial charge in [-0.3, -0.25) is 19.7 Å². The number of hydrogen-bond acceptors (Lipinski definition) is 6. The first-order valence-electron chi connectivity index (χ1n) is 12.8. The van der Waals surface area contributed by atoms with Gasteiger partial charge in [-0.1, -0.05) is 32.1 Å². The lowest BCUT2D eigenvalue weighted by Crippen LogP contribution is -2.44. The number of aliphatic imine (C=N–C) groups is 1. The highest BCUT2D eigenvalue weighted by molar-refractivity contribution is 6.05. The number of aliphatic carboxylic acids is 1. The Hall–Kier alpha value is -3.10. The van der Waals surface area contributed by atoms with Gasteiger partial charge < -0.3 is 19.6 Å². The first kappa shape index (κ1) is 25.0. The number of nitrogens with zero attached hydrogens (tertiary/aromatic N) is 3. The summed E-state index contributed by atoms with van der Waals surface area (Å²) in [5, 5.41) is 12.0. The Bertz CT molecular complexity index is 986. The van der Waals surface area contributed by atoms with Gasteiger partial charge in [-0.25, -0.2) is 4.99 Å². The summed E-state index contributed by atoms with van der Waals surface area (Å²) < 4.78 is 6.01. The Morgan fingerprint density at radius 2 is 1.91 bits per heavy atom. The molecule has 0 radical (unpaired) electrons. The average Bonchev–Trinajstić information content (AvgIpc) is 3.19. The monoisotopic (exact) mass is 484 g/mol. The van der Waals surface area contributed by atoms with Crippen LogP contribution in [0.3, 0.4) is 0 Å². The maximum atomic E-state index is 12.7. The predicted molar refractivity (Wildman–Crippen MR) is 132 cm³/mol. The number of carbonyl (C=O) groups is 3. The van der Waals surface area contributed by atoms with Gasteiger partial charge in [0, 0.05) is 25.1 Å². The van der Waals surface area contributed by atoms with Crippen molar-refractivity contribution in [2.24, 2.45) is 4.99 Å². The van der Waals surface area contributed by atoms with Crippen LogP contribution in [0, 0.1) is 6.92 Å². The van der Waals surface area contributed by atoms with E-state index in [9.17, 15) is 19.5 Å². The summed E-state index contributed by atoms with van der Waals surface area (Å²) in [4.78, 5) is 43.7. The molecule has 0 aromatic heterocycles. The van der Waals surface area contributed by atoms with E-state index in [4.69, 9.17) is 4.74 Å². The van der Waals surface area contributed by atoms with Gasteiger partial charge in [-0.2, -0.15) is 0 Å². The summed E-state index contributed by atoms with van der Waals surface area (Å²) in [7, 11) is 0. The molecule has 35 heavy (non-hydrogen) atoms. The first-order valence-corrected chi connectivity index (χ1v) is 12.8. The highest BCUT2D eigenvalue weighted by atomic mass is 16.5. The van der Waals surface area contributed by atoms with Crippen LogP contribution in [0.2, 0.25) is 0 Å². The fraction of sp³-hybridized carbons (Fsp3) is 0.615. The van der Waals surface area contributed by atoms with Gasteiger partial charge in [-0.05, 0) is 49.8 Å². The largest absolute Gasteiger partial charge is 0.493 e. The highest BCUT2D eigenvalue weighted by Gasteiger charge is 2.29. The number of amides is 2. The van der Waals surface area contributed by atoms with Crippen molar-refractivity contribution >= 4 is 29.4 Å². The molecular formula is C26H36N4O5. The van der Waals surface area contributed by atoms with E-state index in [0.717, 1.165) is 73.9 Å². The first-order chi connectivity index (χ1) is 16.9. The minimum atomic E-state index is -0.935. The molecule has 0 atom stereocenters. The number of unbranched alkanes of at least 4 members (excludes halogenated alkanes) is 3. The number of nitrogens with one attached hydrogen (secondary N) is 1. The van der Waals surface area contributed by atoms with Gasteiger partial charge in [0.2, 0.25) is 17.8 Å². The molecule has 0 unspecified atom stereocenters. The van der Waals surface area contributed by atoms with Crippen LogP contribution in [0.25, 0.3) is 0 Å². The molecule has 9 heteroatoms. The van der Waals surface area contributed by atoms with Gasteiger partial charge in [0.1, 0.15) is 18.8 Å². The Kier molecular flexibility index (Phi) is 8.25. The van der Waals surface area contributed by atoms with Crippen LogP contribution in [0.15, 0.2) is 17.1 Å². The molecule has 2 N–H and O–H groups in total. The third-order valence-electron chi connectivity index (χ3n) is 7.03. The summed E-state index contributed by atoms with van der Waals surface area (Å²) in [6.45, 7) is 3.42. The average molecular weight is 485 g/mol. The van der Waals surface area contributed by atoms with E-state index < -0.39 is 5.97 Å². The molecule has 0 spiro atoms. The van der Waals surface area contributed by atoms with E-state index in [-0.39, 0.29) is 24.4 Å². The molecule has 9 nitrogen and oxygen atoms in total. The normalized spacial score (nSPS) is 17.3. The number of hydrogen-bond donors (Lipinski definition) is 2. The topological polar surface area (TPSA) is 112 Å². The summed E-state index contributed by atoms with van der Waals surface area (Å²) in [5.41, 5.74) is 2.97. The number of fused-ring (bicyclic) bond motifs is 2. The summed E-state index contributed by atoms with van der Waals surface area (Å²) in [5.74, 6) is 0.416. The lowest BCUT2D eigenvalue weighted by atomic mass is 9.93. The van der Waals surface area contributed by atoms with Crippen LogP contribution >= 0.6 is 0 Å². The number of aryl methyl sites for hydroxylation is 1. The van der Waals surface area contributed by atoms with Gasteiger partial charge in [0.05, 0.1) is 12.3 Å². The van der Waals surface area contributed by atoms with E-state index in [1.54, 1.807) is 4.90 Å². The van der Waals surface area contributed by atoms with Crippen LogP contribution in [0.1, 0.15) is 75.3 Å². The van der Waals surface area contributed by atoms with E-state index in [1.165, 1.54) is 6.42 Å². The number of rotatable bonds is 11. The fourth-order valence-corrected chi connectivity index (χ4v) is 5.18. The molecule has 1 aromatic rings. The van der Waals surface area contributed by atoms with Gasteiger partial charge in [0.15, 0.2) is 0 Å². The predicted octanol–water partition coefficient (Wildman–Crippen LogP) is 3.50. The van der Waals surface area contributed by atoms with E-state index in [2.05, 4.69) is 16.4 Å². The maximum absolute atomic E-state index is 12.7. The second-order valence-electron chi connectivity index (χ2n) is 9.81.